The molecular weight excluding hydrogens is 368 g/mol. The summed E-state index contributed by atoms with van der Waals surface area (Å²) in [5.74, 6) is 0.619. The summed E-state index contributed by atoms with van der Waals surface area (Å²) in [5.41, 5.74) is 4.22. The molecule has 1 N–H and O–H groups in total. The number of aromatic nitrogens is 3. The summed E-state index contributed by atoms with van der Waals surface area (Å²) in [6.07, 6.45) is 7.79. The Kier molecular flexibility index (Phi) is 3.92. The maximum Gasteiger partial charge on any atom is 0.255 e. The van der Waals surface area contributed by atoms with E-state index in [0.717, 1.165) is 47.2 Å². The van der Waals surface area contributed by atoms with Crippen LogP contribution in [0.5, 0.6) is 0 Å². The quantitative estimate of drug-likeness (QED) is 0.728. The van der Waals surface area contributed by atoms with E-state index in [4.69, 9.17) is 0 Å². The number of H-pyrrole nitrogens is 1. The number of amides is 1. The third-order valence-electron chi connectivity index (χ3n) is 4.89. The Bertz CT molecular complexity index is 889. The van der Waals surface area contributed by atoms with Crippen LogP contribution in [-0.4, -0.2) is 38.5 Å². The molecule has 0 bridgehead atoms. The van der Waals surface area contributed by atoms with Crippen molar-refractivity contribution >= 4 is 27.4 Å². The zero-order chi connectivity index (χ0) is 16.7. The van der Waals surface area contributed by atoms with Crippen LogP contribution in [0.15, 0.2) is 41.3 Å². The Hall–Kier alpha value is -2.08. The molecule has 4 heterocycles. The van der Waals surface area contributed by atoms with Gasteiger partial charge in [0.2, 0.25) is 0 Å². The van der Waals surface area contributed by atoms with Gasteiger partial charge >= 0.3 is 0 Å². The van der Waals surface area contributed by atoms with Crippen molar-refractivity contribution in [2.45, 2.75) is 25.7 Å². The molecule has 0 aromatic carbocycles. The van der Waals surface area contributed by atoms with Crippen molar-refractivity contribution in [3.63, 3.8) is 0 Å². The lowest BCUT2D eigenvalue weighted by atomic mass is 9.90. The normalized spacial score (nSPS) is 16.0. The first-order chi connectivity index (χ1) is 11.6. The van der Waals surface area contributed by atoms with Crippen molar-refractivity contribution < 1.29 is 4.79 Å². The molecule has 0 radical (unpaired) electrons. The highest BCUT2D eigenvalue weighted by Crippen LogP contribution is 2.30. The molecule has 0 saturated carbocycles. The lowest BCUT2D eigenvalue weighted by Gasteiger charge is -2.31. The van der Waals surface area contributed by atoms with E-state index in [2.05, 4.69) is 33.1 Å². The topological polar surface area (TPSA) is 53.4 Å². The molecule has 1 aliphatic rings. The molecule has 0 aliphatic carbocycles. The molecule has 124 valence electrons. The molecule has 3 aromatic rings. The SMILES string of the molecule is Cc1[nH]ncc1C1CCN(C(=O)c2cc3ccc(Br)cn3c2)CC1. The average Bonchev–Trinajstić information content (AvgIpc) is 3.20. The predicted molar refractivity (Wildman–Crippen MR) is 96.3 cm³/mol. The molecular formula is C18H19BrN4O. The molecule has 1 fully saturated rings. The van der Waals surface area contributed by atoms with Crippen LogP contribution >= 0.6 is 15.9 Å². The van der Waals surface area contributed by atoms with Gasteiger partial charge in [-0.25, -0.2) is 0 Å². The number of hydrogen-bond donors (Lipinski definition) is 1. The van der Waals surface area contributed by atoms with E-state index in [0.29, 0.717) is 5.92 Å². The van der Waals surface area contributed by atoms with Gasteiger partial charge in [0.05, 0.1) is 11.8 Å². The van der Waals surface area contributed by atoms with Crippen LogP contribution in [0.1, 0.15) is 40.4 Å². The van der Waals surface area contributed by atoms with Gasteiger partial charge in [-0.05, 0) is 65.4 Å². The first kappa shape index (κ1) is 15.4. The molecule has 5 nitrogen and oxygen atoms in total. The lowest BCUT2D eigenvalue weighted by Crippen LogP contribution is -2.37. The number of likely N-dealkylation sites (tertiary alicyclic amines) is 1. The van der Waals surface area contributed by atoms with Crippen LogP contribution in [0.3, 0.4) is 0 Å². The highest BCUT2D eigenvalue weighted by Gasteiger charge is 2.26. The molecule has 6 heteroatoms. The standard InChI is InChI=1S/C18H19BrN4O/c1-12-17(9-20-21-12)13-4-6-22(7-5-13)18(24)14-8-16-3-2-15(19)11-23(16)10-14/h2-3,8-11,13H,4-7H2,1H3,(H,20,21). The van der Waals surface area contributed by atoms with E-state index in [-0.39, 0.29) is 5.91 Å². The van der Waals surface area contributed by atoms with Gasteiger partial charge in [-0.3, -0.25) is 9.89 Å². The number of aromatic amines is 1. The number of hydrogen-bond acceptors (Lipinski definition) is 2. The van der Waals surface area contributed by atoms with E-state index in [1.807, 2.05) is 46.1 Å². The van der Waals surface area contributed by atoms with Gasteiger partial charge in [-0.2, -0.15) is 5.10 Å². The fraction of sp³-hybridized carbons (Fsp3) is 0.333. The Labute approximate surface area is 148 Å². The third kappa shape index (κ3) is 2.75. The van der Waals surface area contributed by atoms with E-state index in [1.165, 1.54) is 5.56 Å². The molecule has 1 aliphatic heterocycles. The number of aryl methyl sites for hydroxylation is 1. The van der Waals surface area contributed by atoms with Crippen molar-refractivity contribution in [2.24, 2.45) is 0 Å². The highest BCUT2D eigenvalue weighted by atomic mass is 79.9. The fourth-order valence-electron chi connectivity index (χ4n) is 3.55. The van der Waals surface area contributed by atoms with Crippen molar-refractivity contribution in [2.75, 3.05) is 13.1 Å². The van der Waals surface area contributed by atoms with Crippen LogP contribution in [-0.2, 0) is 0 Å². The summed E-state index contributed by atoms with van der Waals surface area (Å²) in [5, 5.41) is 7.13. The van der Waals surface area contributed by atoms with Crippen LogP contribution in [0, 0.1) is 6.92 Å². The van der Waals surface area contributed by atoms with Crippen LogP contribution in [0.2, 0.25) is 0 Å². The van der Waals surface area contributed by atoms with E-state index in [9.17, 15) is 4.79 Å². The molecule has 24 heavy (non-hydrogen) atoms. The van der Waals surface area contributed by atoms with Crippen molar-refractivity contribution in [3.05, 3.63) is 58.1 Å². The van der Waals surface area contributed by atoms with Gasteiger partial charge in [0.1, 0.15) is 0 Å². The van der Waals surface area contributed by atoms with E-state index >= 15 is 0 Å². The Morgan fingerprint density at radius 1 is 1.29 bits per heavy atom. The highest BCUT2D eigenvalue weighted by molar-refractivity contribution is 9.10. The van der Waals surface area contributed by atoms with Crippen LogP contribution < -0.4 is 0 Å². The minimum absolute atomic E-state index is 0.122. The minimum Gasteiger partial charge on any atom is -0.339 e. The second kappa shape index (κ2) is 6.09. The van der Waals surface area contributed by atoms with Gasteiger partial charge in [0.25, 0.3) is 5.91 Å². The number of halogens is 1. The predicted octanol–water partition coefficient (Wildman–Crippen LogP) is 3.75. The first-order valence-corrected chi connectivity index (χ1v) is 8.97. The maximum atomic E-state index is 12.8. The van der Waals surface area contributed by atoms with Crippen LogP contribution in [0.25, 0.3) is 5.52 Å². The summed E-state index contributed by atoms with van der Waals surface area (Å²) in [6.45, 7) is 3.65. The third-order valence-corrected chi connectivity index (χ3v) is 5.36. The van der Waals surface area contributed by atoms with Crippen LogP contribution in [0.4, 0.5) is 0 Å². The molecule has 3 aromatic heterocycles. The summed E-state index contributed by atoms with van der Waals surface area (Å²) < 4.78 is 2.99. The maximum absolute atomic E-state index is 12.8. The Morgan fingerprint density at radius 3 is 2.79 bits per heavy atom. The number of rotatable bonds is 2. The van der Waals surface area contributed by atoms with E-state index in [1.54, 1.807) is 0 Å². The van der Waals surface area contributed by atoms with Gasteiger partial charge < -0.3 is 9.30 Å². The Balaban J connectivity index is 1.48. The van der Waals surface area contributed by atoms with Gasteiger partial charge in [-0.15, -0.1) is 0 Å². The van der Waals surface area contributed by atoms with Gasteiger partial charge in [-0.1, -0.05) is 0 Å². The molecule has 1 amide bonds. The largest absolute Gasteiger partial charge is 0.339 e. The smallest absolute Gasteiger partial charge is 0.255 e. The number of carbonyl (C=O) groups excluding carboxylic acids is 1. The number of carbonyl (C=O) groups is 1. The molecule has 0 atom stereocenters. The fourth-order valence-corrected chi connectivity index (χ4v) is 3.90. The summed E-state index contributed by atoms with van der Waals surface area (Å²) in [4.78, 5) is 14.8. The molecule has 1 saturated heterocycles. The number of fused-ring (bicyclic) bond motifs is 1. The second-order valence-corrected chi connectivity index (χ2v) is 7.34. The average molecular weight is 387 g/mol. The van der Waals surface area contributed by atoms with Crippen molar-refractivity contribution in [3.8, 4) is 0 Å². The first-order valence-electron chi connectivity index (χ1n) is 8.18. The number of pyridine rings is 1. The number of nitrogens with one attached hydrogen (secondary N) is 1. The monoisotopic (exact) mass is 386 g/mol. The summed E-state index contributed by atoms with van der Waals surface area (Å²) in [7, 11) is 0. The van der Waals surface area contributed by atoms with Gasteiger partial charge in [0.15, 0.2) is 0 Å². The van der Waals surface area contributed by atoms with Crippen molar-refractivity contribution in [1.82, 2.24) is 19.5 Å². The Morgan fingerprint density at radius 2 is 2.08 bits per heavy atom. The van der Waals surface area contributed by atoms with Crippen molar-refractivity contribution in [1.29, 1.82) is 0 Å². The van der Waals surface area contributed by atoms with Gasteiger partial charge in [0, 0.05) is 41.2 Å². The summed E-state index contributed by atoms with van der Waals surface area (Å²) in [6, 6.07) is 5.96. The molecule has 0 spiro atoms. The minimum atomic E-state index is 0.122. The summed E-state index contributed by atoms with van der Waals surface area (Å²) >= 11 is 3.46. The molecule has 4 rings (SSSR count). The number of nitrogens with zero attached hydrogens (tertiary/aromatic N) is 3. The second-order valence-electron chi connectivity index (χ2n) is 6.43. The zero-order valence-electron chi connectivity index (χ0n) is 13.5. The zero-order valence-corrected chi connectivity index (χ0v) is 15.1. The lowest BCUT2D eigenvalue weighted by molar-refractivity contribution is 0.0713. The number of piperidine rings is 1. The molecule has 0 unspecified atom stereocenters. The van der Waals surface area contributed by atoms with E-state index < -0.39 is 0 Å².